The molecule has 5 N–H and O–H groups in total. The fourth-order valence-electron chi connectivity index (χ4n) is 4.63. The topological polar surface area (TPSA) is 146 Å². The number of anilines is 1. The Morgan fingerprint density at radius 2 is 1.91 bits per heavy atom. The first-order chi connectivity index (χ1) is 15.8. The third kappa shape index (κ3) is 4.74. The van der Waals surface area contributed by atoms with Crippen LogP contribution in [0, 0.1) is 0 Å². The van der Waals surface area contributed by atoms with E-state index in [0.29, 0.717) is 6.54 Å². The lowest BCUT2D eigenvalue weighted by Gasteiger charge is -2.19. The average molecular weight is 477 g/mol. The highest BCUT2D eigenvalue weighted by atomic mass is 32.2. The highest BCUT2D eigenvalue weighted by molar-refractivity contribution is 7.97. The van der Waals surface area contributed by atoms with Gasteiger partial charge in [0.25, 0.3) is 0 Å². The molecular weight excluding hydrogens is 446 g/mol. The predicted octanol–water partition coefficient (Wildman–Crippen LogP) is 0.0394. The highest BCUT2D eigenvalue weighted by Crippen LogP contribution is 2.38. The fraction of sp³-hybridized carbons (Fsp3) is 0.500. The van der Waals surface area contributed by atoms with Gasteiger partial charge in [-0.2, -0.15) is 0 Å². The third-order valence-electron chi connectivity index (χ3n) is 6.11. The Bertz CT molecular complexity index is 1130. The molecule has 1 aliphatic heterocycles. The lowest BCUT2D eigenvalue weighted by molar-refractivity contribution is -0.490. The van der Waals surface area contributed by atoms with Crippen LogP contribution in [0.2, 0.25) is 0 Å². The van der Waals surface area contributed by atoms with E-state index < -0.39 is 21.9 Å². The van der Waals surface area contributed by atoms with Crippen molar-refractivity contribution in [1.29, 1.82) is 0 Å². The molecule has 1 unspecified atom stereocenters. The van der Waals surface area contributed by atoms with Gasteiger partial charge in [0.2, 0.25) is 5.91 Å². The molecule has 0 saturated carbocycles. The molecule has 1 heterocycles. The fourth-order valence-corrected chi connectivity index (χ4v) is 6.12. The standard InChI is InChI=1S/C22H29N5O5S/c1-13(28)26-33(30,19(10-23)21-24-11-16(31-2)12-32-21)27-22(29)25-20-17-7-3-5-14(17)9-15-6-4-8-18(15)20/h9-10,16H,3-8,11-12,23H2,1-2H3,(H2,25,26,27,28,29,30)/p+1/t16-,33?/m0/s1. The van der Waals surface area contributed by atoms with Crippen LogP contribution in [0.25, 0.3) is 0 Å². The van der Waals surface area contributed by atoms with Crippen LogP contribution < -0.4 is 20.8 Å². The number of carbonyl (C=O) groups excluding carboxylic acids is 2. The van der Waals surface area contributed by atoms with E-state index in [-0.39, 0.29) is 23.5 Å². The molecule has 0 saturated heterocycles. The van der Waals surface area contributed by atoms with Gasteiger partial charge >= 0.3 is 11.9 Å². The molecule has 10 nitrogen and oxygen atoms in total. The molecule has 0 spiro atoms. The van der Waals surface area contributed by atoms with Gasteiger partial charge in [0.15, 0.2) is 21.4 Å². The Hall–Kier alpha value is -2.92. The second-order valence-electron chi connectivity index (χ2n) is 8.35. The van der Waals surface area contributed by atoms with Gasteiger partial charge in [-0.1, -0.05) is 6.07 Å². The monoisotopic (exact) mass is 476 g/mol. The molecule has 178 valence electrons. The van der Waals surface area contributed by atoms with E-state index in [1.54, 1.807) is 7.11 Å². The maximum absolute atomic E-state index is 13.8. The van der Waals surface area contributed by atoms with Crippen molar-refractivity contribution in [3.63, 3.8) is 0 Å². The van der Waals surface area contributed by atoms with Crippen LogP contribution in [0.5, 0.6) is 0 Å². The molecule has 0 radical (unpaired) electrons. The zero-order valence-electron chi connectivity index (χ0n) is 18.9. The summed E-state index contributed by atoms with van der Waals surface area (Å²) in [5.41, 5.74) is 11.3. The van der Waals surface area contributed by atoms with Gasteiger partial charge in [0, 0.05) is 25.9 Å². The maximum atomic E-state index is 13.8. The Morgan fingerprint density at radius 3 is 2.42 bits per heavy atom. The minimum absolute atomic E-state index is 0.0857. The first-order valence-corrected chi connectivity index (χ1v) is 12.6. The Balaban J connectivity index is 1.69. The summed E-state index contributed by atoms with van der Waals surface area (Å²) in [7, 11) is -2.21. The zero-order valence-corrected chi connectivity index (χ0v) is 19.7. The number of benzene rings is 1. The van der Waals surface area contributed by atoms with Crippen molar-refractivity contribution in [2.75, 3.05) is 25.6 Å². The van der Waals surface area contributed by atoms with E-state index in [9.17, 15) is 13.8 Å². The summed E-state index contributed by atoms with van der Waals surface area (Å²) in [6, 6.07) is 1.44. The van der Waals surface area contributed by atoms with Gasteiger partial charge in [-0.3, -0.25) is 9.52 Å². The number of nitrogens with two attached hydrogens (primary N) is 1. The number of methoxy groups -OCH3 is 1. The van der Waals surface area contributed by atoms with Gasteiger partial charge in [0.1, 0.15) is 12.7 Å². The van der Waals surface area contributed by atoms with Crippen molar-refractivity contribution in [1.82, 2.24) is 4.72 Å². The number of hydrogen-bond donors (Lipinski definition) is 4. The van der Waals surface area contributed by atoms with E-state index in [1.807, 2.05) is 0 Å². The van der Waals surface area contributed by atoms with Gasteiger partial charge in [0.05, 0.1) is 0 Å². The van der Waals surface area contributed by atoms with Crippen LogP contribution >= 0.6 is 0 Å². The zero-order chi connectivity index (χ0) is 23.6. The number of ether oxygens (including phenoxy) is 2. The number of carbonyl (C=O) groups is 2. The van der Waals surface area contributed by atoms with Gasteiger partial charge in [-0.05, 0) is 60.8 Å². The Morgan fingerprint density at radius 1 is 1.24 bits per heavy atom. The number of nitrogens with one attached hydrogen (secondary N) is 3. The number of rotatable bonds is 5. The summed E-state index contributed by atoms with van der Waals surface area (Å²) in [4.78, 5) is 27.7. The molecule has 4 rings (SSSR count). The predicted molar refractivity (Wildman–Crippen MR) is 124 cm³/mol. The van der Waals surface area contributed by atoms with Crippen molar-refractivity contribution < 1.29 is 28.3 Å². The molecule has 1 aromatic carbocycles. The summed E-state index contributed by atoms with van der Waals surface area (Å²) in [6.07, 6.45) is 6.61. The molecule has 3 aliphatic rings. The van der Waals surface area contributed by atoms with Crippen molar-refractivity contribution in [2.24, 2.45) is 10.1 Å². The summed E-state index contributed by atoms with van der Waals surface area (Å²) in [6.45, 7) is 1.77. The average Bonchev–Trinajstić information content (AvgIpc) is 3.43. The van der Waals surface area contributed by atoms with Gasteiger partial charge in [-0.15, -0.1) is 4.36 Å². The molecule has 0 aromatic heterocycles. The first kappa shape index (κ1) is 23.2. The highest BCUT2D eigenvalue weighted by Gasteiger charge is 2.34. The first-order valence-electron chi connectivity index (χ1n) is 11.1. The third-order valence-corrected chi connectivity index (χ3v) is 8.01. The molecule has 2 atom stereocenters. The summed E-state index contributed by atoms with van der Waals surface area (Å²) in [5, 5.41) is 2.88. The molecule has 2 aliphatic carbocycles. The summed E-state index contributed by atoms with van der Waals surface area (Å²) in [5.74, 6) is -0.536. The van der Waals surface area contributed by atoms with E-state index in [2.05, 4.69) is 25.5 Å². The molecule has 0 fully saturated rings. The van der Waals surface area contributed by atoms with Crippen LogP contribution in [0.3, 0.4) is 0 Å². The van der Waals surface area contributed by atoms with E-state index in [1.165, 1.54) is 18.1 Å². The molecule has 3 amide bonds. The second kappa shape index (κ2) is 9.52. The van der Waals surface area contributed by atoms with Crippen LogP contribution in [-0.2, 0) is 49.9 Å². The van der Waals surface area contributed by atoms with Crippen molar-refractivity contribution in [3.8, 4) is 0 Å². The van der Waals surface area contributed by atoms with Gasteiger partial charge < -0.3 is 20.5 Å². The van der Waals surface area contributed by atoms with Crippen LogP contribution in [0.1, 0.15) is 42.0 Å². The molecule has 33 heavy (non-hydrogen) atoms. The lowest BCUT2D eigenvalue weighted by Crippen LogP contribution is -2.80. The Kier molecular flexibility index (Phi) is 6.71. The summed E-state index contributed by atoms with van der Waals surface area (Å²) >= 11 is 0. The summed E-state index contributed by atoms with van der Waals surface area (Å²) < 4.78 is 30.8. The quantitative estimate of drug-likeness (QED) is 0.472. The number of nitrogens with zero attached hydrogens (tertiary/aromatic N) is 1. The minimum atomic E-state index is -3.77. The number of aryl methyl sites for hydroxylation is 2. The van der Waals surface area contributed by atoms with Crippen LogP contribution in [0.4, 0.5) is 10.5 Å². The Labute approximate surface area is 193 Å². The number of amides is 3. The smallest absolute Gasteiger partial charge is 0.382 e. The molecule has 11 heteroatoms. The van der Waals surface area contributed by atoms with Crippen molar-refractivity contribution >= 4 is 33.4 Å². The number of hydrogen-bond acceptors (Lipinski definition) is 6. The SMILES string of the molecule is CO[C@H]1C[NH+]=C(C(=CN)S(=O)(=NC(=O)Nc2c3c(cc4c2CCC4)CCC3)NC(C)=O)OC1. The normalized spacial score (nSPS) is 21.2. The van der Waals surface area contributed by atoms with E-state index >= 15 is 0 Å². The van der Waals surface area contributed by atoms with E-state index in [0.717, 1.165) is 61.5 Å². The second-order valence-corrected chi connectivity index (χ2v) is 10.2. The molecular formula is C22H30N5O5S+. The lowest BCUT2D eigenvalue weighted by atomic mass is 9.99. The minimum Gasteiger partial charge on any atom is -0.441 e. The number of urea groups is 1. The van der Waals surface area contributed by atoms with Crippen LogP contribution in [-0.4, -0.2) is 48.4 Å². The van der Waals surface area contributed by atoms with E-state index in [4.69, 9.17) is 15.2 Å². The van der Waals surface area contributed by atoms with Crippen molar-refractivity contribution in [3.05, 3.63) is 39.4 Å². The number of fused-ring (bicyclic) bond motifs is 2. The van der Waals surface area contributed by atoms with Crippen molar-refractivity contribution in [2.45, 2.75) is 51.6 Å². The van der Waals surface area contributed by atoms with Gasteiger partial charge in [-0.25, -0.2) is 14.0 Å². The molecule has 1 aromatic rings. The van der Waals surface area contributed by atoms with Crippen LogP contribution in [0.15, 0.2) is 21.5 Å². The largest absolute Gasteiger partial charge is 0.441 e. The maximum Gasteiger partial charge on any atom is 0.382 e. The molecule has 0 bridgehead atoms.